The molecule has 27 heavy (non-hydrogen) atoms. The van der Waals surface area contributed by atoms with Gasteiger partial charge in [-0.3, -0.25) is 19.7 Å². The topological polar surface area (TPSA) is 117 Å². The van der Waals surface area contributed by atoms with Crippen LogP contribution in [0.3, 0.4) is 0 Å². The number of carbonyl (C=O) groups is 2. The smallest absolute Gasteiger partial charge is 0.324 e. The average molecular weight is 394 g/mol. The van der Waals surface area contributed by atoms with Crippen LogP contribution in [0.1, 0.15) is 27.7 Å². The lowest BCUT2D eigenvalue weighted by atomic mass is 10.0. The Kier molecular flexibility index (Phi) is 6.72. The molecule has 0 aliphatic rings. The van der Waals surface area contributed by atoms with Crippen molar-refractivity contribution < 1.29 is 28.7 Å². The first-order valence-electron chi connectivity index (χ1n) is 7.73. The van der Waals surface area contributed by atoms with E-state index < -0.39 is 22.8 Å². The molecule has 0 radical (unpaired) electrons. The van der Waals surface area contributed by atoms with Crippen molar-refractivity contribution in [2.75, 3.05) is 21.3 Å². The van der Waals surface area contributed by atoms with Crippen molar-refractivity contribution in [2.45, 2.75) is 12.5 Å². The fourth-order valence-corrected chi connectivity index (χ4v) is 3.07. The Labute approximate surface area is 159 Å². The van der Waals surface area contributed by atoms with E-state index in [1.165, 1.54) is 33.5 Å². The molecule has 0 spiro atoms. The lowest BCUT2D eigenvalue weighted by Gasteiger charge is -2.19. The van der Waals surface area contributed by atoms with Gasteiger partial charge >= 0.3 is 11.0 Å². The molecular formula is C17H18N2O7S. The fraction of sp³-hybridized carbons (Fsp3) is 0.294. The fourth-order valence-electron chi connectivity index (χ4n) is 2.35. The molecule has 1 atom stereocenters. The van der Waals surface area contributed by atoms with Crippen LogP contribution in [0.2, 0.25) is 0 Å². The van der Waals surface area contributed by atoms with E-state index in [9.17, 15) is 19.7 Å². The zero-order chi connectivity index (χ0) is 20.0. The molecule has 1 N–H and O–H groups in total. The van der Waals surface area contributed by atoms with Crippen LogP contribution < -0.4 is 14.8 Å². The van der Waals surface area contributed by atoms with Crippen molar-refractivity contribution in [3.8, 4) is 11.5 Å². The Morgan fingerprint density at radius 2 is 1.85 bits per heavy atom. The van der Waals surface area contributed by atoms with Gasteiger partial charge in [-0.2, -0.15) is 0 Å². The molecule has 1 heterocycles. The molecule has 9 nitrogen and oxygen atoms in total. The van der Waals surface area contributed by atoms with Gasteiger partial charge in [-0.25, -0.2) is 0 Å². The first-order valence-corrected chi connectivity index (χ1v) is 8.55. The molecule has 0 bridgehead atoms. The Morgan fingerprint density at radius 3 is 2.41 bits per heavy atom. The van der Waals surface area contributed by atoms with E-state index in [0.29, 0.717) is 17.1 Å². The number of nitro groups is 1. The molecule has 1 aromatic heterocycles. The molecule has 0 saturated heterocycles. The van der Waals surface area contributed by atoms with Crippen LogP contribution in [0.5, 0.6) is 11.5 Å². The number of rotatable bonds is 8. The second-order valence-electron chi connectivity index (χ2n) is 5.32. The zero-order valence-electron chi connectivity index (χ0n) is 14.9. The summed E-state index contributed by atoms with van der Waals surface area (Å²) in [6.07, 6.45) is -0.120. The van der Waals surface area contributed by atoms with Gasteiger partial charge in [-0.15, -0.1) is 0 Å². The van der Waals surface area contributed by atoms with Gasteiger partial charge < -0.3 is 19.5 Å². The number of methoxy groups -OCH3 is 3. The van der Waals surface area contributed by atoms with Crippen LogP contribution in [0.15, 0.2) is 30.3 Å². The third kappa shape index (κ3) is 4.94. The molecule has 2 rings (SSSR count). The first-order chi connectivity index (χ1) is 12.9. The molecule has 1 amide bonds. The summed E-state index contributed by atoms with van der Waals surface area (Å²) in [6, 6.07) is 6.88. The SMILES string of the molecule is COC(=O)C[C@H](NC(=O)c1ccc([N+](=O)[O-])s1)c1ccc(OC)c(OC)c1. The summed E-state index contributed by atoms with van der Waals surface area (Å²) in [5.41, 5.74) is 0.595. The summed E-state index contributed by atoms with van der Waals surface area (Å²) < 4.78 is 15.1. The number of hydrogen-bond acceptors (Lipinski definition) is 8. The van der Waals surface area contributed by atoms with Crippen LogP contribution in [0.4, 0.5) is 5.00 Å². The molecule has 0 aliphatic carbocycles. The summed E-state index contributed by atoms with van der Waals surface area (Å²) in [5, 5.41) is 13.4. The lowest BCUT2D eigenvalue weighted by Crippen LogP contribution is -2.30. The second-order valence-corrected chi connectivity index (χ2v) is 6.38. The minimum Gasteiger partial charge on any atom is -0.493 e. The molecule has 0 saturated carbocycles. The predicted octanol–water partition coefficient (Wildman–Crippen LogP) is 2.71. The molecule has 10 heteroatoms. The summed E-state index contributed by atoms with van der Waals surface area (Å²) in [6.45, 7) is 0. The monoisotopic (exact) mass is 394 g/mol. The minimum absolute atomic E-state index is 0.120. The van der Waals surface area contributed by atoms with E-state index in [-0.39, 0.29) is 16.3 Å². The molecular weight excluding hydrogens is 376 g/mol. The number of esters is 1. The molecule has 0 aliphatic heterocycles. The normalized spacial score (nSPS) is 11.4. The Balaban J connectivity index is 2.29. The highest BCUT2D eigenvalue weighted by Gasteiger charge is 2.23. The van der Waals surface area contributed by atoms with Crippen LogP contribution in [-0.4, -0.2) is 38.1 Å². The number of hydrogen-bond donors (Lipinski definition) is 1. The third-order valence-electron chi connectivity index (χ3n) is 3.71. The summed E-state index contributed by atoms with van der Waals surface area (Å²) in [5.74, 6) is -0.117. The predicted molar refractivity (Wildman–Crippen MR) is 97.4 cm³/mol. The van der Waals surface area contributed by atoms with E-state index in [2.05, 4.69) is 5.32 Å². The number of ether oxygens (including phenoxy) is 3. The Hall–Kier alpha value is -3.14. The van der Waals surface area contributed by atoms with Crippen molar-refractivity contribution in [3.05, 3.63) is 50.9 Å². The molecule has 2 aromatic rings. The maximum atomic E-state index is 12.5. The summed E-state index contributed by atoms with van der Waals surface area (Å²) in [7, 11) is 4.22. The van der Waals surface area contributed by atoms with Crippen molar-refractivity contribution in [2.24, 2.45) is 0 Å². The highest BCUT2D eigenvalue weighted by atomic mass is 32.1. The average Bonchev–Trinajstić information content (AvgIpc) is 3.17. The number of nitrogens with one attached hydrogen (secondary N) is 1. The van der Waals surface area contributed by atoms with E-state index in [1.54, 1.807) is 18.2 Å². The highest BCUT2D eigenvalue weighted by molar-refractivity contribution is 7.17. The first kappa shape index (κ1) is 20.2. The van der Waals surface area contributed by atoms with Gasteiger partial charge in [0.25, 0.3) is 5.91 Å². The quantitative estimate of drug-likeness (QED) is 0.415. The number of nitrogens with zero attached hydrogens (tertiary/aromatic N) is 1. The van der Waals surface area contributed by atoms with Gasteiger partial charge in [-0.05, 0) is 23.8 Å². The van der Waals surface area contributed by atoms with Gasteiger partial charge in [0.15, 0.2) is 11.5 Å². The molecule has 0 fully saturated rings. The lowest BCUT2D eigenvalue weighted by molar-refractivity contribution is -0.380. The molecule has 0 unspecified atom stereocenters. The standard InChI is InChI=1S/C17H18N2O7S/c1-24-12-5-4-10(8-13(12)25-2)11(9-16(20)26-3)18-17(21)14-6-7-15(27-14)19(22)23/h4-8,11H,9H2,1-3H3,(H,18,21)/t11-/m0/s1. The minimum atomic E-state index is -0.717. The van der Waals surface area contributed by atoms with Crippen molar-refractivity contribution >= 4 is 28.2 Å². The van der Waals surface area contributed by atoms with E-state index >= 15 is 0 Å². The van der Waals surface area contributed by atoms with Gasteiger partial charge in [0.1, 0.15) is 0 Å². The largest absolute Gasteiger partial charge is 0.493 e. The van der Waals surface area contributed by atoms with Crippen molar-refractivity contribution in [1.82, 2.24) is 5.32 Å². The van der Waals surface area contributed by atoms with E-state index in [0.717, 1.165) is 11.3 Å². The van der Waals surface area contributed by atoms with Crippen LogP contribution in [0, 0.1) is 10.1 Å². The maximum Gasteiger partial charge on any atom is 0.324 e. The number of carbonyl (C=O) groups excluding carboxylic acids is 2. The number of benzene rings is 1. The van der Waals surface area contributed by atoms with Crippen molar-refractivity contribution in [3.63, 3.8) is 0 Å². The van der Waals surface area contributed by atoms with Crippen LogP contribution in [0.25, 0.3) is 0 Å². The highest BCUT2D eigenvalue weighted by Crippen LogP contribution is 2.31. The molecule has 1 aromatic carbocycles. The van der Waals surface area contributed by atoms with Gasteiger partial charge in [-0.1, -0.05) is 17.4 Å². The van der Waals surface area contributed by atoms with Crippen molar-refractivity contribution in [1.29, 1.82) is 0 Å². The Morgan fingerprint density at radius 1 is 1.15 bits per heavy atom. The zero-order valence-corrected chi connectivity index (χ0v) is 15.7. The number of thiophene rings is 1. The maximum absolute atomic E-state index is 12.5. The Bertz CT molecular complexity index is 850. The van der Waals surface area contributed by atoms with Gasteiger partial charge in [0, 0.05) is 6.07 Å². The van der Waals surface area contributed by atoms with Gasteiger partial charge in [0.05, 0.1) is 43.6 Å². The van der Waals surface area contributed by atoms with Crippen LogP contribution in [-0.2, 0) is 9.53 Å². The van der Waals surface area contributed by atoms with E-state index in [1.807, 2.05) is 0 Å². The second kappa shape index (κ2) is 8.99. The van der Waals surface area contributed by atoms with Gasteiger partial charge in [0.2, 0.25) is 0 Å². The van der Waals surface area contributed by atoms with Crippen LogP contribution >= 0.6 is 11.3 Å². The summed E-state index contributed by atoms with van der Waals surface area (Å²) >= 11 is 0.753. The molecule has 144 valence electrons. The third-order valence-corrected chi connectivity index (χ3v) is 4.74. The number of amides is 1. The van der Waals surface area contributed by atoms with E-state index in [4.69, 9.17) is 14.2 Å². The summed E-state index contributed by atoms with van der Waals surface area (Å²) in [4.78, 5) is 34.6.